The van der Waals surface area contributed by atoms with Crippen LogP contribution in [-0.2, 0) is 0 Å². The van der Waals surface area contributed by atoms with Crippen LogP contribution in [0.15, 0.2) is 46.3 Å². The highest BCUT2D eigenvalue weighted by atomic mass is 79.9. The van der Waals surface area contributed by atoms with Crippen molar-refractivity contribution in [1.29, 1.82) is 0 Å². The van der Waals surface area contributed by atoms with Crippen LogP contribution in [0.4, 0.5) is 5.69 Å². The number of thiophene rings is 1. The van der Waals surface area contributed by atoms with Crippen LogP contribution in [0.5, 0.6) is 0 Å². The Morgan fingerprint density at radius 2 is 1.94 bits per heavy atom. The fourth-order valence-electron chi connectivity index (χ4n) is 1.29. The number of hydrogen-bond donors (Lipinski definition) is 1. The second kappa shape index (κ2) is 5.27. The number of hydrogen-bond acceptors (Lipinski definition) is 3. The number of para-hydroxylation sites is 1. The Kier molecular flexibility index (Phi) is 3.74. The van der Waals surface area contributed by atoms with Crippen LogP contribution in [0.3, 0.4) is 0 Å². The van der Waals surface area contributed by atoms with Gasteiger partial charge in [0, 0.05) is 5.69 Å². The van der Waals surface area contributed by atoms with Gasteiger partial charge in [-0.1, -0.05) is 18.2 Å². The Balaban J connectivity index is 1.94. The number of benzene rings is 1. The number of anilines is 1. The van der Waals surface area contributed by atoms with Crippen LogP contribution in [0.2, 0.25) is 0 Å². The molecule has 0 aliphatic carbocycles. The first-order chi connectivity index (χ1) is 7.75. The van der Waals surface area contributed by atoms with E-state index < -0.39 is 0 Å². The van der Waals surface area contributed by atoms with E-state index in [4.69, 9.17) is 0 Å². The normalized spacial score (nSPS) is 10.1. The molecule has 0 bridgehead atoms. The molecule has 4 heteroatoms. The molecule has 0 atom stereocenters. The van der Waals surface area contributed by atoms with E-state index in [2.05, 4.69) is 21.2 Å². The summed E-state index contributed by atoms with van der Waals surface area (Å²) in [6.45, 7) is 0.330. The zero-order valence-electron chi connectivity index (χ0n) is 8.44. The molecule has 82 valence electrons. The summed E-state index contributed by atoms with van der Waals surface area (Å²) in [5.41, 5.74) is 0.964. The van der Waals surface area contributed by atoms with Gasteiger partial charge in [-0.05, 0) is 40.2 Å². The van der Waals surface area contributed by atoms with Crippen LogP contribution in [0.25, 0.3) is 0 Å². The lowest BCUT2D eigenvalue weighted by atomic mass is 10.3. The summed E-state index contributed by atoms with van der Waals surface area (Å²) >= 11 is 4.80. The maximum absolute atomic E-state index is 11.8. The molecule has 1 heterocycles. The van der Waals surface area contributed by atoms with Crippen molar-refractivity contribution < 1.29 is 4.79 Å². The average molecular weight is 296 g/mol. The maximum atomic E-state index is 11.8. The van der Waals surface area contributed by atoms with Gasteiger partial charge in [-0.3, -0.25) is 4.79 Å². The molecule has 2 nitrogen and oxygen atoms in total. The summed E-state index contributed by atoms with van der Waals surface area (Å²) in [5, 5.41) is 3.09. The van der Waals surface area contributed by atoms with Crippen molar-refractivity contribution in [2.45, 2.75) is 0 Å². The van der Waals surface area contributed by atoms with Gasteiger partial charge < -0.3 is 5.32 Å². The highest BCUT2D eigenvalue weighted by Crippen LogP contribution is 2.22. The van der Waals surface area contributed by atoms with Crippen LogP contribution in [-0.4, -0.2) is 12.3 Å². The summed E-state index contributed by atoms with van der Waals surface area (Å²) in [6.07, 6.45) is 0. The van der Waals surface area contributed by atoms with E-state index in [1.54, 1.807) is 0 Å². The second-order valence-corrected chi connectivity index (χ2v) is 5.71. The second-order valence-electron chi connectivity index (χ2n) is 3.25. The van der Waals surface area contributed by atoms with Gasteiger partial charge >= 0.3 is 0 Å². The summed E-state index contributed by atoms with van der Waals surface area (Å²) < 4.78 is 0.982. The molecule has 0 aliphatic rings. The zero-order valence-corrected chi connectivity index (χ0v) is 10.8. The first kappa shape index (κ1) is 11.4. The molecular weight excluding hydrogens is 286 g/mol. The van der Waals surface area contributed by atoms with Crippen molar-refractivity contribution in [3.63, 3.8) is 0 Å². The minimum absolute atomic E-state index is 0.111. The first-order valence-corrected chi connectivity index (χ1v) is 6.44. The lowest BCUT2D eigenvalue weighted by Crippen LogP contribution is -2.12. The zero-order chi connectivity index (χ0) is 11.4. The number of Topliss-reactive ketones (excluding diaryl/α,β-unsaturated/α-hetero) is 1. The molecule has 0 unspecified atom stereocenters. The number of halogens is 1. The molecular formula is C12H10BrNOS. The van der Waals surface area contributed by atoms with E-state index in [1.807, 2.05) is 42.5 Å². The van der Waals surface area contributed by atoms with Crippen molar-refractivity contribution >= 4 is 38.7 Å². The monoisotopic (exact) mass is 295 g/mol. The molecule has 0 saturated heterocycles. The van der Waals surface area contributed by atoms with Crippen LogP contribution < -0.4 is 5.32 Å². The van der Waals surface area contributed by atoms with E-state index in [9.17, 15) is 4.79 Å². The average Bonchev–Trinajstić information content (AvgIpc) is 2.74. The van der Waals surface area contributed by atoms with Gasteiger partial charge in [-0.25, -0.2) is 0 Å². The quantitative estimate of drug-likeness (QED) is 0.869. The molecule has 1 N–H and O–H groups in total. The van der Waals surface area contributed by atoms with Gasteiger partial charge in [0.15, 0.2) is 5.78 Å². The van der Waals surface area contributed by atoms with Gasteiger partial charge in [0.05, 0.1) is 15.2 Å². The van der Waals surface area contributed by atoms with E-state index >= 15 is 0 Å². The predicted octanol–water partition coefficient (Wildman–Crippen LogP) is 3.81. The molecule has 0 fully saturated rings. The van der Waals surface area contributed by atoms with Crippen molar-refractivity contribution in [2.75, 3.05) is 11.9 Å². The van der Waals surface area contributed by atoms with Crippen LogP contribution >= 0.6 is 27.3 Å². The number of nitrogens with one attached hydrogen (secondary N) is 1. The molecule has 0 aliphatic heterocycles. The van der Waals surface area contributed by atoms with Crippen molar-refractivity contribution in [2.24, 2.45) is 0 Å². The van der Waals surface area contributed by atoms with E-state index in [1.165, 1.54) is 11.3 Å². The number of carbonyl (C=O) groups is 1. The fraction of sp³-hybridized carbons (Fsp3) is 0.0833. The van der Waals surface area contributed by atoms with Gasteiger partial charge in [-0.2, -0.15) is 0 Å². The molecule has 1 aromatic heterocycles. The topological polar surface area (TPSA) is 29.1 Å². The SMILES string of the molecule is O=C(CNc1ccccc1)c1ccc(Br)s1. The van der Waals surface area contributed by atoms with Crippen molar-refractivity contribution in [1.82, 2.24) is 0 Å². The van der Waals surface area contributed by atoms with Gasteiger partial charge in [0.2, 0.25) is 0 Å². The summed E-state index contributed by atoms with van der Waals surface area (Å²) in [6, 6.07) is 13.4. The number of ketones is 1. The van der Waals surface area contributed by atoms with Crippen LogP contribution in [0, 0.1) is 0 Å². The highest BCUT2D eigenvalue weighted by Gasteiger charge is 2.07. The first-order valence-electron chi connectivity index (χ1n) is 4.83. The third kappa shape index (κ3) is 2.93. The van der Waals surface area contributed by atoms with E-state index in [-0.39, 0.29) is 5.78 Å². The minimum atomic E-state index is 0.111. The fourth-order valence-corrected chi connectivity index (χ4v) is 2.61. The highest BCUT2D eigenvalue weighted by molar-refractivity contribution is 9.11. The lowest BCUT2D eigenvalue weighted by Gasteiger charge is -2.03. The van der Waals surface area contributed by atoms with Gasteiger partial charge in [0.1, 0.15) is 0 Å². The molecule has 0 spiro atoms. The predicted molar refractivity (Wildman–Crippen MR) is 71.3 cm³/mol. The van der Waals surface area contributed by atoms with Gasteiger partial charge in [0.25, 0.3) is 0 Å². The molecule has 0 saturated carbocycles. The summed E-state index contributed by atoms with van der Waals surface area (Å²) in [7, 11) is 0. The Hall–Kier alpha value is -1.13. The maximum Gasteiger partial charge on any atom is 0.191 e. The molecule has 2 aromatic rings. The molecule has 1 aromatic carbocycles. The Morgan fingerprint density at radius 3 is 2.56 bits per heavy atom. The largest absolute Gasteiger partial charge is 0.378 e. The Morgan fingerprint density at radius 1 is 1.19 bits per heavy atom. The Bertz CT molecular complexity index is 481. The van der Waals surface area contributed by atoms with Crippen molar-refractivity contribution in [3.05, 3.63) is 51.1 Å². The molecule has 2 rings (SSSR count). The third-order valence-electron chi connectivity index (χ3n) is 2.07. The summed E-state index contributed by atoms with van der Waals surface area (Å²) in [4.78, 5) is 12.5. The van der Waals surface area contributed by atoms with Crippen LogP contribution in [0.1, 0.15) is 9.67 Å². The van der Waals surface area contributed by atoms with Crippen molar-refractivity contribution in [3.8, 4) is 0 Å². The van der Waals surface area contributed by atoms with E-state index in [0.717, 1.165) is 14.4 Å². The number of carbonyl (C=O) groups excluding carboxylic acids is 1. The lowest BCUT2D eigenvalue weighted by molar-refractivity contribution is 0.101. The van der Waals surface area contributed by atoms with E-state index in [0.29, 0.717) is 6.54 Å². The Labute approximate surface area is 106 Å². The summed E-state index contributed by atoms with van der Waals surface area (Å²) in [5.74, 6) is 0.111. The molecule has 0 radical (unpaired) electrons. The minimum Gasteiger partial charge on any atom is -0.378 e. The molecule has 16 heavy (non-hydrogen) atoms. The third-order valence-corrected chi connectivity index (χ3v) is 3.74. The standard InChI is InChI=1S/C12H10BrNOS/c13-12-7-6-11(16-12)10(15)8-14-9-4-2-1-3-5-9/h1-7,14H,8H2. The smallest absolute Gasteiger partial charge is 0.191 e. The molecule has 0 amide bonds. The number of rotatable bonds is 4. The van der Waals surface area contributed by atoms with Gasteiger partial charge in [-0.15, -0.1) is 11.3 Å².